The van der Waals surface area contributed by atoms with Crippen molar-refractivity contribution in [2.45, 2.75) is 57.9 Å². The number of carboxylic acids is 1. The Balaban J connectivity index is 2.21. The van der Waals surface area contributed by atoms with E-state index in [4.69, 9.17) is 5.11 Å². The molecule has 1 rings (SSSR count). The zero-order valence-electron chi connectivity index (χ0n) is 9.87. The van der Waals surface area contributed by atoms with Crippen LogP contribution in [0.5, 0.6) is 0 Å². The van der Waals surface area contributed by atoms with Crippen LogP contribution in [0.2, 0.25) is 0 Å². The summed E-state index contributed by atoms with van der Waals surface area (Å²) in [7, 11) is 0. The first kappa shape index (κ1) is 13.0. The van der Waals surface area contributed by atoms with Gasteiger partial charge in [-0.05, 0) is 18.8 Å². The summed E-state index contributed by atoms with van der Waals surface area (Å²) in [5.74, 6) is -0.917. The molecule has 0 aromatic carbocycles. The lowest BCUT2D eigenvalue weighted by Crippen LogP contribution is -2.36. The van der Waals surface area contributed by atoms with E-state index in [0.717, 1.165) is 12.8 Å². The van der Waals surface area contributed by atoms with E-state index in [1.165, 1.54) is 19.3 Å². The molecule has 0 aliphatic heterocycles. The molecule has 1 aliphatic rings. The summed E-state index contributed by atoms with van der Waals surface area (Å²) in [5, 5.41) is 11.6. The second-order valence-corrected chi connectivity index (χ2v) is 4.81. The monoisotopic (exact) mass is 227 g/mol. The van der Waals surface area contributed by atoms with Gasteiger partial charge in [0.05, 0.1) is 0 Å². The predicted octanol–water partition coefficient (Wildman–Crippen LogP) is 1.94. The van der Waals surface area contributed by atoms with Crippen molar-refractivity contribution < 1.29 is 14.7 Å². The van der Waals surface area contributed by atoms with E-state index in [0.29, 0.717) is 12.5 Å². The molecule has 0 aromatic heterocycles. The normalized spacial score (nSPS) is 19.1. The van der Waals surface area contributed by atoms with Gasteiger partial charge in [0.25, 0.3) is 0 Å². The van der Waals surface area contributed by atoms with Gasteiger partial charge in [-0.25, -0.2) is 0 Å². The topological polar surface area (TPSA) is 66.4 Å². The molecule has 0 aromatic rings. The molecule has 0 bridgehead atoms. The fourth-order valence-electron chi connectivity index (χ4n) is 2.22. The largest absolute Gasteiger partial charge is 0.481 e. The van der Waals surface area contributed by atoms with Crippen LogP contribution in [0.4, 0.5) is 0 Å². The van der Waals surface area contributed by atoms with E-state index in [9.17, 15) is 9.59 Å². The Labute approximate surface area is 96.4 Å². The lowest BCUT2D eigenvalue weighted by atomic mass is 9.95. The minimum atomic E-state index is -0.835. The Bertz CT molecular complexity index is 247. The minimum Gasteiger partial charge on any atom is -0.481 e. The number of rotatable bonds is 5. The standard InChI is InChI=1S/C12H21NO3/c1-9(8-12(15)16)7-11(14)13-10-5-3-2-4-6-10/h9-10H,2-8H2,1H3,(H,13,14)(H,15,16). The number of carboxylic acid groups (broad SMARTS) is 1. The first-order chi connectivity index (χ1) is 7.58. The van der Waals surface area contributed by atoms with Gasteiger partial charge in [-0.3, -0.25) is 9.59 Å². The fraction of sp³-hybridized carbons (Fsp3) is 0.833. The van der Waals surface area contributed by atoms with Crippen LogP contribution in [0.1, 0.15) is 51.9 Å². The smallest absolute Gasteiger partial charge is 0.303 e. The molecule has 1 aliphatic carbocycles. The molecule has 0 spiro atoms. The fourth-order valence-corrected chi connectivity index (χ4v) is 2.22. The Kier molecular flexibility index (Phi) is 5.29. The van der Waals surface area contributed by atoms with Crippen LogP contribution in [0.25, 0.3) is 0 Å². The average Bonchev–Trinajstić information content (AvgIpc) is 2.17. The molecule has 0 saturated heterocycles. The maximum Gasteiger partial charge on any atom is 0.303 e. The first-order valence-corrected chi connectivity index (χ1v) is 6.09. The van der Waals surface area contributed by atoms with Gasteiger partial charge in [-0.2, -0.15) is 0 Å². The number of amides is 1. The van der Waals surface area contributed by atoms with E-state index < -0.39 is 5.97 Å². The Morgan fingerprint density at radius 3 is 2.44 bits per heavy atom. The van der Waals surface area contributed by atoms with Crippen molar-refractivity contribution in [1.82, 2.24) is 5.32 Å². The summed E-state index contributed by atoms with van der Waals surface area (Å²) in [6, 6.07) is 0.318. The van der Waals surface area contributed by atoms with E-state index in [1.54, 1.807) is 6.92 Å². The van der Waals surface area contributed by atoms with Crippen molar-refractivity contribution in [2.75, 3.05) is 0 Å². The molecular weight excluding hydrogens is 206 g/mol. The summed E-state index contributed by atoms with van der Waals surface area (Å²) >= 11 is 0. The van der Waals surface area contributed by atoms with Crippen molar-refractivity contribution in [2.24, 2.45) is 5.92 Å². The molecule has 2 N–H and O–H groups in total. The van der Waals surface area contributed by atoms with Crippen LogP contribution >= 0.6 is 0 Å². The van der Waals surface area contributed by atoms with Crippen LogP contribution in [-0.4, -0.2) is 23.0 Å². The van der Waals surface area contributed by atoms with Crippen molar-refractivity contribution >= 4 is 11.9 Å². The van der Waals surface area contributed by atoms with Crippen LogP contribution in [0.3, 0.4) is 0 Å². The van der Waals surface area contributed by atoms with E-state index in [-0.39, 0.29) is 18.2 Å². The van der Waals surface area contributed by atoms with Gasteiger partial charge in [0.15, 0.2) is 0 Å². The van der Waals surface area contributed by atoms with Crippen LogP contribution in [0, 0.1) is 5.92 Å². The van der Waals surface area contributed by atoms with Gasteiger partial charge in [-0.15, -0.1) is 0 Å². The summed E-state index contributed by atoms with van der Waals surface area (Å²) in [5.41, 5.74) is 0. The Morgan fingerprint density at radius 2 is 1.88 bits per heavy atom. The summed E-state index contributed by atoms with van der Waals surface area (Å²) in [4.78, 5) is 22.0. The molecular formula is C12H21NO3. The SMILES string of the molecule is CC(CC(=O)O)CC(=O)NC1CCCCC1. The van der Waals surface area contributed by atoms with Crippen LogP contribution < -0.4 is 5.32 Å². The van der Waals surface area contributed by atoms with Gasteiger partial charge >= 0.3 is 5.97 Å². The summed E-state index contributed by atoms with van der Waals surface area (Å²) in [6.45, 7) is 1.80. The molecule has 92 valence electrons. The molecule has 0 heterocycles. The van der Waals surface area contributed by atoms with Gasteiger partial charge in [0.2, 0.25) is 5.91 Å². The molecule has 1 amide bonds. The number of hydrogen-bond donors (Lipinski definition) is 2. The highest BCUT2D eigenvalue weighted by Crippen LogP contribution is 2.18. The summed E-state index contributed by atoms with van der Waals surface area (Å²) < 4.78 is 0. The van der Waals surface area contributed by atoms with E-state index in [1.807, 2.05) is 0 Å². The molecule has 0 radical (unpaired) electrons. The van der Waals surface area contributed by atoms with Crippen molar-refractivity contribution in [3.8, 4) is 0 Å². The third-order valence-electron chi connectivity index (χ3n) is 3.03. The quantitative estimate of drug-likeness (QED) is 0.754. The number of aliphatic carboxylic acids is 1. The maximum absolute atomic E-state index is 11.6. The van der Waals surface area contributed by atoms with Crippen molar-refractivity contribution in [1.29, 1.82) is 0 Å². The third-order valence-corrected chi connectivity index (χ3v) is 3.03. The molecule has 1 saturated carbocycles. The molecule has 16 heavy (non-hydrogen) atoms. The van der Waals surface area contributed by atoms with Gasteiger partial charge in [0.1, 0.15) is 0 Å². The average molecular weight is 227 g/mol. The first-order valence-electron chi connectivity index (χ1n) is 6.09. The maximum atomic E-state index is 11.6. The number of carbonyl (C=O) groups excluding carboxylic acids is 1. The molecule has 1 fully saturated rings. The van der Waals surface area contributed by atoms with Crippen LogP contribution in [0.15, 0.2) is 0 Å². The lowest BCUT2D eigenvalue weighted by molar-refractivity contribution is -0.138. The third kappa shape index (κ3) is 5.14. The highest BCUT2D eigenvalue weighted by molar-refractivity contribution is 5.77. The van der Waals surface area contributed by atoms with Crippen LogP contribution in [-0.2, 0) is 9.59 Å². The predicted molar refractivity (Wildman–Crippen MR) is 61.0 cm³/mol. The van der Waals surface area contributed by atoms with Crippen molar-refractivity contribution in [3.63, 3.8) is 0 Å². The Morgan fingerprint density at radius 1 is 1.25 bits per heavy atom. The van der Waals surface area contributed by atoms with Gasteiger partial charge in [-0.1, -0.05) is 26.2 Å². The zero-order valence-corrected chi connectivity index (χ0v) is 9.87. The van der Waals surface area contributed by atoms with Gasteiger partial charge < -0.3 is 10.4 Å². The number of carbonyl (C=O) groups is 2. The summed E-state index contributed by atoms with van der Waals surface area (Å²) in [6.07, 6.45) is 6.17. The van der Waals surface area contributed by atoms with Crippen molar-refractivity contribution in [3.05, 3.63) is 0 Å². The minimum absolute atomic E-state index is 0.000602. The molecule has 1 unspecified atom stereocenters. The second-order valence-electron chi connectivity index (χ2n) is 4.81. The molecule has 4 heteroatoms. The highest BCUT2D eigenvalue weighted by atomic mass is 16.4. The number of hydrogen-bond acceptors (Lipinski definition) is 2. The zero-order chi connectivity index (χ0) is 12.0. The molecule has 1 atom stereocenters. The Hall–Kier alpha value is -1.06. The lowest BCUT2D eigenvalue weighted by Gasteiger charge is -2.23. The second kappa shape index (κ2) is 6.51. The number of nitrogens with one attached hydrogen (secondary N) is 1. The van der Waals surface area contributed by atoms with E-state index >= 15 is 0 Å². The highest BCUT2D eigenvalue weighted by Gasteiger charge is 2.18. The van der Waals surface area contributed by atoms with E-state index in [2.05, 4.69) is 5.32 Å². The molecule has 4 nitrogen and oxygen atoms in total. The van der Waals surface area contributed by atoms with Gasteiger partial charge in [0, 0.05) is 18.9 Å².